The van der Waals surface area contributed by atoms with Gasteiger partial charge in [0.25, 0.3) is 0 Å². The van der Waals surface area contributed by atoms with Gasteiger partial charge in [0.1, 0.15) is 11.9 Å². The van der Waals surface area contributed by atoms with Crippen LogP contribution in [0.25, 0.3) is 0 Å². The average molecular weight is 529 g/mol. The molecule has 0 aromatic heterocycles. The lowest BCUT2D eigenvalue weighted by atomic mass is 9.70. The Morgan fingerprint density at radius 2 is 1.61 bits per heavy atom. The topological polar surface area (TPSA) is 120 Å². The second kappa shape index (κ2) is 10.5. The molecule has 1 heterocycles. The maximum atomic E-state index is 13.4. The number of nitriles is 1. The molecule has 1 aliphatic heterocycles. The first-order valence-electron chi connectivity index (χ1n) is 13.6. The van der Waals surface area contributed by atoms with E-state index in [0.29, 0.717) is 29.5 Å². The number of piperidine rings is 1. The number of ether oxygens (including phenoxy) is 1. The minimum atomic E-state index is -2.03. The van der Waals surface area contributed by atoms with Crippen LogP contribution in [0.5, 0.6) is 5.75 Å². The molecule has 0 spiro atoms. The van der Waals surface area contributed by atoms with Crippen molar-refractivity contribution in [2.75, 3.05) is 0 Å². The van der Waals surface area contributed by atoms with Crippen molar-refractivity contribution >= 4 is 11.9 Å². The van der Waals surface area contributed by atoms with Crippen LogP contribution < -0.4 is 5.32 Å². The Bertz CT molecular complexity index is 1090. The Labute approximate surface area is 229 Å². The summed E-state index contributed by atoms with van der Waals surface area (Å²) in [5, 5.41) is 35.3. The molecule has 0 saturated carbocycles. The molecule has 7 nitrogen and oxygen atoms in total. The molecule has 1 aromatic carbocycles. The molecule has 7 heteroatoms. The highest BCUT2D eigenvalue weighted by atomic mass is 16.5. The molecule has 0 aliphatic carbocycles. The summed E-state index contributed by atoms with van der Waals surface area (Å²) in [6, 6.07) is 5.55. The number of esters is 1. The number of hydrogen-bond acceptors (Lipinski definition) is 6. The van der Waals surface area contributed by atoms with E-state index < -0.39 is 28.7 Å². The van der Waals surface area contributed by atoms with E-state index in [2.05, 4.69) is 5.32 Å². The summed E-state index contributed by atoms with van der Waals surface area (Å²) in [5.74, 6) is -3.07. The van der Waals surface area contributed by atoms with Crippen molar-refractivity contribution in [3.63, 3.8) is 0 Å². The highest BCUT2D eigenvalue weighted by Gasteiger charge is 2.50. The van der Waals surface area contributed by atoms with Gasteiger partial charge >= 0.3 is 11.9 Å². The fourth-order valence-corrected chi connectivity index (χ4v) is 5.77. The van der Waals surface area contributed by atoms with E-state index in [9.17, 15) is 25.1 Å². The molecular formula is C31H48N2O5. The Hall–Kier alpha value is -2.59. The lowest BCUT2D eigenvalue weighted by Gasteiger charge is -2.46. The van der Waals surface area contributed by atoms with Crippen molar-refractivity contribution in [1.82, 2.24) is 5.32 Å². The summed E-state index contributed by atoms with van der Waals surface area (Å²) in [6.07, 6.45) is 1.35. The smallest absolute Gasteiger partial charge is 0.325 e. The number of aliphatic carboxylic acids is 1. The molecule has 2 atom stereocenters. The largest absolute Gasteiger partial charge is 0.507 e. The van der Waals surface area contributed by atoms with E-state index >= 15 is 0 Å². The first-order chi connectivity index (χ1) is 17.1. The maximum absolute atomic E-state index is 13.4. The molecule has 38 heavy (non-hydrogen) atoms. The summed E-state index contributed by atoms with van der Waals surface area (Å²) < 4.78 is 5.88. The number of hydrogen-bond donors (Lipinski definition) is 3. The number of carbonyl (C=O) groups is 2. The van der Waals surface area contributed by atoms with Gasteiger partial charge in [-0.25, -0.2) is 0 Å². The fraction of sp³-hybridized carbons (Fsp3) is 0.710. The maximum Gasteiger partial charge on any atom is 0.325 e. The van der Waals surface area contributed by atoms with E-state index in [4.69, 9.17) is 4.74 Å². The third kappa shape index (κ3) is 6.69. The first-order valence-corrected chi connectivity index (χ1v) is 13.6. The SMILES string of the molecule is CCC(C)(C)c1cc(CC(C#N)(C(=O)O)C(C)C(=O)OC2CC(C)(C)NC(C)(C)C2)cc(C(C)(C)C)c1O. The number of carboxylic acids is 1. The number of rotatable bonds is 8. The lowest BCUT2D eigenvalue weighted by Crippen LogP contribution is -2.60. The number of nitrogens with one attached hydrogen (secondary N) is 1. The van der Waals surface area contributed by atoms with Crippen LogP contribution in [-0.4, -0.2) is 39.3 Å². The fourth-order valence-electron chi connectivity index (χ4n) is 5.77. The monoisotopic (exact) mass is 528 g/mol. The molecule has 2 rings (SSSR count). The number of carboxylic acid groups (broad SMARTS) is 1. The molecular weight excluding hydrogens is 480 g/mol. The Morgan fingerprint density at radius 3 is 2.03 bits per heavy atom. The van der Waals surface area contributed by atoms with E-state index in [0.717, 1.165) is 6.42 Å². The van der Waals surface area contributed by atoms with Gasteiger partial charge in [0.15, 0.2) is 5.41 Å². The molecule has 0 amide bonds. The van der Waals surface area contributed by atoms with E-state index in [1.165, 1.54) is 6.92 Å². The van der Waals surface area contributed by atoms with Gasteiger partial charge in [0.05, 0.1) is 12.0 Å². The Kier molecular flexibility index (Phi) is 8.76. The Morgan fingerprint density at radius 1 is 1.11 bits per heavy atom. The molecule has 0 bridgehead atoms. The predicted octanol–water partition coefficient (Wildman–Crippen LogP) is 6.00. The molecule has 1 aromatic rings. The van der Waals surface area contributed by atoms with Crippen molar-refractivity contribution in [2.24, 2.45) is 11.3 Å². The zero-order valence-corrected chi connectivity index (χ0v) is 25.2. The number of phenolic OH excluding ortho intramolecular Hbond substituents is 1. The van der Waals surface area contributed by atoms with Gasteiger partial charge < -0.3 is 20.3 Å². The zero-order valence-electron chi connectivity index (χ0n) is 25.2. The summed E-state index contributed by atoms with van der Waals surface area (Å²) in [5.41, 5.74) is -1.37. The van der Waals surface area contributed by atoms with Crippen LogP contribution >= 0.6 is 0 Å². The number of phenols is 1. The summed E-state index contributed by atoms with van der Waals surface area (Å²) >= 11 is 0. The van der Waals surface area contributed by atoms with Crippen LogP contribution in [0.1, 0.15) is 112 Å². The van der Waals surface area contributed by atoms with Gasteiger partial charge in [-0.2, -0.15) is 5.26 Å². The van der Waals surface area contributed by atoms with Crippen molar-refractivity contribution in [2.45, 2.75) is 130 Å². The molecule has 1 saturated heterocycles. The molecule has 3 N–H and O–H groups in total. The predicted molar refractivity (Wildman–Crippen MR) is 149 cm³/mol. The van der Waals surface area contributed by atoms with Gasteiger partial charge in [-0.05, 0) is 63.0 Å². The number of aromatic hydroxyl groups is 1. The highest BCUT2D eigenvalue weighted by molar-refractivity contribution is 5.87. The third-order valence-corrected chi connectivity index (χ3v) is 8.18. The second-order valence-electron chi connectivity index (χ2n) is 14.2. The first kappa shape index (κ1) is 31.6. The lowest BCUT2D eigenvalue weighted by molar-refractivity contribution is -0.167. The van der Waals surface area contributed by atoms with Crippen LogP contribution in [-0.2, 0) is 31.6 Å². The van der Waals surface area contributed by atoms with Crippen molar-refractivity contribution in [3.05, 3.63) is 28.8 Å². The van der Waals surface area contributed by atoms with Gasteiger partial charge in [0.2, 0.25) is 0 Å². The van der Waals surface area contributed by atoms with Gasteiger partial charge in [-0.15, -0.1) is 0 Å². The third-order valence-electron chi connectivity index (χ3n) is 8.18. The minimum absolute atomic E-state index is 0.186. The number of benzene rings is 1. The summed E-state index contributed by atoms with van der Waals surface area (Å²) in [6.45, 7) is 21.7. The number of carbonyl (C=O) groups excluding carboxylic acids is 1. The van der Waals surface area contributed by atoms with E-state index in [-0.39, 0.29) is 34.8 Å². The summed E-state index contributed by atoms with van der Waals surface area (Å²) in [4.78, 5) is 26.1. The van der Waals surface area contributed by atoms with E-state index in [1.807, 2.05) is 75.3 Å². The number of nitrogens with zero attached hydrogens (tertiary/aromatic N) is 1. The van der Waals surface area contributed by atoms with Crippen LogP contribution in [0, 0.1) is 22.7 Å². The van der Waals surface area contributed by atoms with Crippen molar-refractivity contribution < 1.29 is 24.5 Å². The molecule has 212 valence electrons. The van der Waals surface area contributed by atoms with Crippen molar-refractivity contribution in [1.29, 1.82) is 5.26 Å². The normalized spacial score (nSPS) is 20.2. The molecule has 1 aliphatic rings. The van der Waals surface area contributed by atoms with Crippen molar-refractivity contribution in [3.8, 4) is 11.8 Å². The molecule has 1 fully saturated rings. The second-order valence-corrected chi connectivity index (χ2v) is 14.2. The van der Waals surface area contributed by atoms with Crippen LogP contribution in [0.15, 0.2) is 12.1 Å². The summed E-state index contributed by atoms with van der Waals surface area (Å²) in [7, 11) is 0. The van der Waals surface area contributed by atoms with Gasteiger partial charge in [0, 0.05) is 35.9 Å². The quantitative estimate of drug-likeness (QED) is 0.354. The zero-order chi connectivity index (χ0) is 29.5. The highest BCUT2D eigenvalue weighted by Crippen LogP contribution is 2.43. The van der Waals surface area contributed by atoms with Crippen LogP contribution in [0.2, 0.25) is 0 Å². The van der Waals surface area contributed by atoms with Crippen LogP contribution in [0.3, 0.4) is 0 Å². The average Bonchev–Trinajstić information content (AvgIpc) is 2.74. The minimum Gasteiger partial charge on any atom is -0.507 e. The van der Waals surface area contributed by atoms with Gasteiger partial charge in [-0.1, -0.05) is 53.7 Å². The Balaban J connectivity index is 2.52. The van der Waals surface area contributed by atoms with Crippen LogP contribution in [0.4, 0.5) is 0 Å². The van der Waals surface area contributed by atoms with E-state index in [1.54, 1.807) is 12.1 Å². The standard InChI is InChI=1S/C31H48N2O5/c1-12-28(6,7)23-14-20(13-22(24(23)34)27(3,4)5)15-31(18-32,26(36)37)19(2)25(35)38-21-16-29(8,9)33-30(10,11)17-21/h13-14,19,21,33-34H,12,15-17H2,1-11H3,(H,36,37). The molecule has 0 radical (unpaired) electrons. The van der Waals surface area contributed by atoms with Gasteiger partial charge in [-0.3, -0.25) is 9.59 Å². The molecule has 2 unspecified atom stereocenters.